The Hall–Kier alpha value is -2.82. The number of rotatable bonds is 3. The fourth-order valence-electron chi connectivity index (χ4n) is 3.15. The smallest absolute Gasteiger partial charge is 0.318 e. The molecular weight excluding hydrogens is 314 g/mol. The number of nitrogens with one attached hydrogen (secondary N) is 2. The van der Waals surface area contributed by atoms with E-state index in [1.54, 1.807) is 19.2 Å². The van der Waals surface area contributed by atoms with Gasteiger partial charge in [0, 0.05) is 31.7 Å². The van der Waals surface area contributed by atoms with Crippen molar-refractivity contribution in [2.75, 3.05) is 7.05 Å². The van der Waals surface area contributed by atoms with E-state index in [0.717, 1.165) is 12.0 Å². The molecule has 1 heterocycles. The Morgan fingerprint density at radius 3 is 2.44 bits per heavy atom. The average Bonchev–Trinajstić information content (AvgIpc) is 2.65. The van der Waals surface area contributed by atoms with E-state index >= 15 is 0 Å². The molecule has 0 bridgehead atoms. The zero-order valence-corrected chi connectivity index (χ0v) is 14.6. The summed E-state index contributed by atoms with van der Waals surface area (Å²) >= 11 is 0. The Kier molecular flexibility index (Phi) is 5.03. The van der Waals surface area contributed by atoms with E-state index in [0.29, 0.717) is 18.7 Å². The largest absolute Gasteiger partial charge is 0.355 e. The fraction of sp³-hybridized carbons (Fsp3) is 0.300. The van der Waals surface area contributed by atoms with Crippen LogP contribution in [0.25, 0.3) is 0 Å². The Labute approximate surface area is 148 Å². The summed E-state index contributed by atoms with van der Waals surface area (Å²) in [6, 6.07) is 15.6. The predicted molar refractivity (Wildman–Crippen MR) is 97.2 cm³/mol. The molecule has 5 heteroatoms. The van der Waals surface area contributed by atoms with Gasteiger partial charge in [-0.15, -0.1) is 0 Å². The molecule has 1 atom stereocenters. The lowest BCUT2D eigenvalue weighted by Crippen LogP contribution is -2.47. The van der Waals surface area contributed by atoms with Gasteiger partial charge < -0.3 is 15.5 Å². The van der Waals surface area contributed by atoms with E-state index in [9.17, 15) is 9.59 Å². The normalized spacial score (nSPS) is 16.1. The molecule has 0 saturated heterocycles. The SMILES string of the molecule is CNC(=O)c1ccc(CNC(=O)N2Cc3ccccc3CC2C)cc1. The van der Waals surface area contributed by atoms with E-state index in [2.05, 4.69) is 29.7 Å². The lowest BCUT2D eigenvalue weighted by molar-refractivity contribution is 0.0963. The third-order valence-corrected chi connectivity index (χ3v) is 4.65. The third kappa shape index (κ3) is 3.82. The van der Waals surface area contributed by atoms with Gasteiger partial charge in [0.05, 0.1) is 0 Å². The van der Waals surface area contributed by atoms with Crippen molar-refractivity contribution < 1.29 is 9.59 Å². The van der Waals surface area contributed by atoms with E-state index < -0.39 is 0 Å². The van der Waals surface area contributed by atoms with Crippen LogP contribution >= 0.6 is 0 Å². The van der Waals surface area contributed by atoms with Crippen molar-refractivity contribution in [3.05, 3.63) is 70.8 Å². The lowest BCUT2D eigenvalue weighted by atomic mass is 9.95. The maximum atomic E-state index is 12.6. The van der Waals surface area contributed by atoms with Gasteiger partial charge in [0.25, 0.3) is 5.91 Å². The van der Waals surface area contributed by atoms with Crippen molar-refractivity contribution in [2.24, 2.45) is 0 Å². The number of amides is 3. The summed E-state index contributed by atoms with van der Waals surface area (Å²) in [4.78, 5) is 26.0. The number of hydrogen-bond acceptors (Lipinski definition) is 2. The number of nitrogens with zero attached hydrogens (tertiary/aromatic N) is 1. The Morgan fingerprint density at radius 2 is 1.76 bits per heavy atom. The van der Waals surface area contributed by atoms with Crippen LogP contribution < -0.4 is 10.6 Å². The second-order valence-corrected chi connectivity index (χ2v) is 6.38. The molecule has 3 rings (SSSR count). The van der Waals surface area contributed by atoms with Crippen molar-refractivity contribution in [1.82, 2.24) is 15.5 Å². The van der Waals surface area contributed by atoms with Crippen LogP contribution in [-0.4, -0.2) is 29.9 Å². The molecule has 1 unspecified atom stereocenters. The molecule has 2 N–H and O–H groups in total. The maximum Gasteiger partial charge on any atom is 0.318 e. The highest BCUT2D eigenvalue weighted by atomic mass is 16.2. The highest BCUT2D eigenvalue weighted by Crippen LogP contribution is 2.23. The number of benzene rings is 2. The average molecular weight is 337 g/mol. The van der Waals surface area contributed by atoms with Crippen LogP contribution in [0.3, 0.4) is 0 Å². The first-order valence-electron chi connectivity index (χ1n) is 8.50. The van der Waals surface area contributed by atoms with Gasteiger partial charge >= 0.3 is 6.03 Å². The Balaban J connectivity index is 1.60. The first-order valence-corrected chi connectivity index (χ1v) is 8.50. The summed E-state index contributed by atoms with van der Waals surface area (Å²) in [5.74, 6) is -0.114. The molecule has 0 fully saturated rings. The summed E-state index contributed by atoms with van der Waals surface area (Å²) in [5.41, 5.74) is 4.11. The summed E-state index contributed by atoms with van der Waals surface area (Å²) in [5, 5.41) is 5.57. The van der Waals surface area contributed by atoms with Gasteiger partial charge in [-0.3, -0.25) is 4.79 Å². The first-order chi connectivity index (χ1) is 12.1. The molecule has 2 aromatic carbocycles. The second-order valence-electron chi connectivity index (χ2n) is 6.38. The number of urea groups is 1. The highest BCUT2D eigenvalue weighted by molar-refractivity contribution is 5.93. The zero-order chi connectivity index (χ0) is 17.8. The number of carbonyl (C=O) groups is 2. The number of fused-ring (bicyclic) bond motifs is 1. The molecule has 0 spiro atoms. The summed E-state index contributed by atoms with van der Waals surface area (Å²) in [7, 11) is 1.61. The molecule has 1 aliphatic heterocycles. The summed E-state index contributed by atoms with van der Waals surface area (Å²) in [6.45, 7) is 3.16. The van der Waals surface area contributed by atoms with Crippen molar-refractivity contribution in [2.45, 2.75) is 32.5 Å². The van der Waals surface area contributed by atoms with Gasteiger partial charge in [-0.05, 0) is 42.2 Å². The third-order valence-electron chi connectivity index (χ3n) is 4.65. The monoisotopic (exact) mass is 337 g/mol. The van der Waals surface area contributed by atoms with Crippen molar-refractivity contribution >= 4 is 11.9 Å². The molecule has 0 aliphatic carbocycles. The summed E-state index contributed by atoms with van der Waals surface area (Å²) < 4.78 is 0. The van der Waals surface area contributed by atoms with Gasteiger partial charge in [-0.2, -0.15) is 0 Å². The predicted octanol–water partition coefficient (Wildman–Crippen LogP) is 2.70. The summed E-state index contributed by atoms with van der Waals surface area (Å²) in [6.07, 6.45) is 0.879. The van der Waals surface area contributed by atoms with Crippen LogP contribution in [0.1, 0.15) is 34.0 Å². The zero-order valence-electron chi connectivity index (χ0n) is 14.6. The van der Waals surface area contributed by atoms with Crippen molar-refractivity contribution in [3.8, 4) is 0 Å². The molecule has 1 aliphatic rings. The molecule has 2 aromatic rings. The van der Waals surface area contributed by atoms with Crippen LogP contribution in [0, 0.1) is 0 Å². The highest BCUT2D eigenvalue weighted by Gasteiger charge is 2.26. The van der Waals surface area contributed by atoms with E-state index in [1.165, 1.54) is 11.1 Å². The second kappa shape index (κ2) is 7.38. The lowest BCUT2D eigenvalue weighted by Gasteiger charge is -2.34. The van der Waals surface area contributed by atoms with Crippen LogP contribution in [0.5, 0.6) is 0 Å². The van der Waals surface area contributed by atoms with Crippen LogP contribution in [0.2, 0.25) is 0 Å². The van der Waals surface area contributed by atoms with Gasteiger partial charge in [-0.25, -0.2) is 4.79 Å². The molecule has 25 heavy (non-hydrogen) atoms. The topological polar surface area (TPSA) is 61.4 Å². The molecule has 3 amide bonds. The van der Waals surface area contributed by atoms with Crippen LogP contribution in [-0.2, 0) is 19.5 Å². The Bertz CT molecular complexity index is 771. The van der Waals surface area contributed by atoms with Crippen LogP contribution in [0.4, 0.5) is 4.79 Å². The molecule has 0 saturated carbocycles. The Morgan fingerprint density at radius 1 is 1.08 bits per heavy atom. The van der Waals surface area contributed by atoms with Gasteiger partial charge in [0.2, 0.25) is 0 Å². The van der Waals surface area contributed by atoms with E-state index in [-0.39, 0.29) is 18.0 Å². The molecule has 5 nitrogen and oxygen atoms in total. The molecule has 0 aromatic heterocycles. The minimum Gasteiger partial charge on any atom is -0.355 e. The number of carbonyl (C=O) groups excluding carboxylic acids is 2. The van der Waals surface area contributed by atoms with E-state index in [4.69, 9.17) is 0 Å². The van der Waals surface area contributed by atoms with Crippen molar-refractivity contribution in [1.29, 1.82) is 0 Å². The van der Waals surface area contributed by atoms with Crippen LogP contribution in [0.15, 0.2) is 48.5 Å². The first kappa shape index (κ1) is 17.0. The van der Waals surface area contributed by atoms with Gasteiger partial charge in [0.15, 0.2) is 0 Å². The van der Waals surface area contributed by atoms with E-state index in [1.807, 2.05) is 29.2 Å². The minimum atomic E-state index is -0.114. The van der Waals surface area contributed by atoms with Gasteiger partial charge in [-0.1, -0.05) is 36.4 Å². The fourth-order valence-corrected chi connectivity index (χ4v) is 3.15. The quantitative estimate of drug-likeness (QED) is 0.905. The standard InChI is InChI=1S/C20H23N3O2/c1-14-11-17-5-3-4-6-18(17)13-23(14)20(25)22-12-15-7-9-16(10-8-15)19(24)21-2/h3-10,14H,11-13H2,1-2H3,(H,21,24)(H,22,25). The minimum absolute atomic E-state index is 0.0580. The van der Waals surface area contributed by atoms with Crippen molar-refractivity contribution in [3.63, 3.8) is 0 Å². The molecular formula is C20H23N3O2. The maximum absolute atomic E-state index is 12.6. The molecule has 130 valence electrons. The van der Waals surface area contributed by atoms with Gasteiger partial charge in [0.1, 0.15) is 0 Å². The number of hydrogen-bond donors (Lipinski definition) is 2. The molecule has 0 radical (unpaired) electrons.